The summed E-state index contributed by atoms with van der Waals surface area (Å²) >= 11 is 0. The lowest BCUT2D eigenvalue weighted by molar-refractivity contribution is -0.138. The SMILES string of the molecule is C=CC12CN(C(=O)c3cc4c(OC)cccc4[nH]3)C(C(=O)N[C@@H](C[C@@H]3CCNC3=O)C(=O)CO)(C1)C2. The second-order valence-electron chi connectivity index (χ2n) is 10.1. The number of methoxy groups -OCH3 is 1. The Morgan fingerprint density at radius 3 is 2.78 bits per heavy atom. The van der Waals surface area contributed by atoms with E-state index >= 15 is 0 Å². The highest BCUT2D eigenvalue weighted by atomic mass is 16.5. The summed E-state index contributed by atoms with van der Waals surface area (Å²) in [5, 5.41) is 15.7. The number of benzene rings is 1. The topological polar surface area (TPSA) is 141 Å². The Morgan fingerprint density at radius 2 is 2.14 bits per heavy atom. The zero-order chi connectivity index (χ0) is 25.7. The standard InChI is InChI=1S/C26H30N4O6/c1-3-25-12-26(13-25,24(35)29-18(20(32)11-31)9-15-7-8-27-22(15)33)30(14-25)23(34)19-10-16-17(28-19)5-4-6-21(16)36-2/h3-6,10,15,18,28,31H,1,7-9,11-14H2,2H3,(H,27,33)(H,29,35)/t15-,18-,25?,26?/m0/s1. The molecule has 0 spiro atoms. The average molecular weight is 495 g/mol. The summed E-state index contributed by atoms with van der Waals surface area (Å²) in [5.41, 5.74) is -0.444. The van der Waals surface area contributed by atoms with E-state index in [9.17, 15) is 24.3 Å². The summed E-state index contributed by atoms with van der Waals surface area (Å²) in [6, 6.07) is 6.18. The van der Waals surface area contributed by atoms with Gasteiger partial charge in [-0.25, -0.2) is 0 Å². The van der Waals surface area contributed by atoms with Gasteiger partial charge in [0.1, 0.15) is 23.6 Å². The van der Waals surface area contributed by atoms with E-state index in [0.29, 0.717) is 43.8 Å². The fourth-order valence-electron chi connectivity index (χ4n) is 6.03. The maximum atomic E-state index is 13.7. The number of nitrogens with zero attached hydrogens (tertiary/aromatic N) is 1. The van der Waals surface area contributed by atoms with Crippen LogP contribution in [0.15, 0.2) is 36.9 Å². The van der Waals surface area contributed by atoms with E-state index in [2.05, 4.69) is 22.2 Å². The van der Waals surface area contributed by atoms with Gasteiger partial charge >= 0.3 is 0 Å². The summed E-state index contributed by atoms with van der Waals surface area (Å²) in [5.74, 6) is -1.30. The number of carbonyl (C=O) groups excluding carboxylic acids is 4. The van der Waals surface area contributed by atoms with Gasteiger partial charge < -0.3 is 30.4 Å². The Balaban J connectivity index is 1.41. The van der Waals surface area contributed by atoms with Crippen molar-refractivity contribution < 1.29 is 29.0 Å². The van der Waals surface area contributed by atoms with Gasteiger partial charge in [-0.05, 0) is 43.9 Å². The van der Waals surface area contributed by atoms with Crippen LogP contribution in [0.4, 0.5) is 0 Å². The van der Waals surface area contributed by atoms with Crippen molar-refractivity contribution in [1.82, 2.24) is 20.5 Å². The van der Waals surface area contributed by atoms with Gasteiger partial charge in [0.15, 0.2) is 5.78 Å². The minimum absolute atomic E-state index is 0.107. The minimum Gasteiger partial charge on any atom is -0.496 e. The van der Waals surface area contributed by atoms with Gasteiger partial charge in [0, 0.05) is 35.3 Å². The number of ketones is 1. The highest BCUT2D eigenvalue weighted by Crippen LogP contribution is 2.60. The van der Waals surface area contributed by atoms with Crippen LogP contribution >= 0.6 is 0 Å². The molecule has 36 heavy (non-hydrogen) atoms. The summed E-state index contributed by atoms with van der Waals surface area (Å²) in [4.78, 5) is 56.6. The van der Waals surface area contributed by atoms with Crippen molar-refractivity contribution in [2.45, 2.75) is 37.3 Å². The maximum Gasteiger partial charge on any atom is 0.271 e. The molecule has 3 amide bonds. The van der Waals surface area contributed by atoms with Crippen LogP contribution in [0.3, 0.4) is 0 Å². The smallest absolute Gasteiger partial charge is 0.271 e. The predicted octanol–water partition coefficient (Wildman–Crippen LogP) is 0.910. The molecular weight excluding hydrogens is 464 g/mol. The normalized spacial score (nSPS) is 27.3. The zero-order valence-corrected chi connectivity index (χ0v) is 20.1. The number of aromatic amines is 1. The first-order valence-corrected chi connectivity index (χ1v) is 12.1. The molecule has 2 bridgehead atoms. The van der Waals surface area contributed by atoms with Crippen molar-refractivity contribution in [2.75, 3.05) is 26.8 Å². The van der Waals surface area contributed by atoms with Crippen LogP contribution in [0.5, 0.6) is 5.75 Å². The average Bonchev–Trinajstić information content (AvgIpc) is 3.63. The molecule has 10 heteroatoms. The van der Waals surface area contributed by atoms with Gasteiger partial charge in [0.25, 0.3) is 5.91 Å². The summed E-state index contributed by atoms with van der Waals surface area (Å²) in [6.45, 7) is 4.02. The molecule has 190 valence electrons. The largest absolute Gasteiger partial charge is 0.496 e. The molecule has 4 N–H and O–H groups in total. The second-order valence-corrected chi connectivity index (χ2v) is 10.1. The van der Waals surface area contributed by atoms with Crippen molar-refractivity contribution >= 4 is 34.4 Å². The number of carbonyl (C=O) groups is 4. The molecule has 10 nitrogen and oxygen atoms in total. The number of aromatic nitrogens is 1. The van der Waals surface area contributed by atoms with Gasteiger partial charge in [-0.15, -0.1) is 6.58 Å². The number of aliphatic hydroxyl groups excluding tert-OH is 1. The minimum atomic E-state index is -1.14. The van der Waals surface area contributed by atoms with Crippen LogP contribution in [-0.2, 0) is 14.4 Å². The van der Waals surface area contributed by atoms with Crippen LogP contribution in [0.25, 0.3) is 10.9 Å². The van der Waals surface area contributed by atoms with Crippen molar-refractivity contribution in [3.05, 3.63) is 42.6 Å². The quantitative estimate of drug-likeness (QED) is 0.382. The number of nitrogens with one attached hydrogen (secondary N) is 3. The van der Waals surface area contributed by atoms with Crippen molar-refractivity contribution in [3.8, 4) is 5.75 Å². The Morgan fingerprint density at radius 1 is 1.36 bits per heavy atom. The first-order valence-electron chi connectivity index (χ1n) is 12.1. The zero-order valence-electron chi connectivity index (χ0n) is 20.1. The molecule has 3 saturated heterocycles. The number of amides is 3. The van der Waals surface area contributed by atoms with Gasteiger partial charge in [-0.2, -0.15) is 0 Å². The molecule has 4 aliphatic rings. The van der Waals surface area contributed by atoms with Crippen LogP contribution in [-0.4, -0.2) is 76.9 Å². The third-order valence-corrected chi connectivity index (χ3v) is 7.99. The molecule has 2 aromatic rings. The Kier molecular flexibility index (Phi) is 5.86. The molecule has 1 aliphatic carbocycles. The van der Waals surface area contributed by atoms with E-state index in [1.54, 1.807) is 24.2 Å². The number of Topliss-reactive ketones (excluding diaryl/α,β-unsaturated/α-hetero) is 1. The number of fused-ring (bicyclic) bond motifs is 2. The fraction of sp³-hybridized carbons (Fsp3) is 0.462. The highest BCUT2D eigenvalue weighted by Gasteiger charge is 2.69. The van der Waals surface area contributed by atoms with Crippen LogP contribution in [0.1, 0.15) is 36.2 Å². The third-order valence-electron chi connectivity index (χ3n) is 7.99. The lowest BCUT2D eigenvalue weighted by Crippen LogP contribution is -2.63. The van der Waals surface area contributed by atoms with E-state index in [0.717, 1.165) is 10.9 Å². The Labute approximate surface area is 208 Å². The molecule has 0 radical (unpaired) electrons. The summed E-state index contributed by atoms with van der Waals surface area (Å²) in [6.07, 6.45) is 3.25. The third kappa shape index (κ3) is 3.67. The van der Waals surface area contributed by atoms with E-state index in [4.69, 9.17) is 4.74 Å². The lowest BCUT2D eigenvalue weighted by Gasteiger charge is -2.45. The maximum absolute atomic E-state index is 13.7. The molecule has 6 rings (SSSR count). The van der Waals surface area contributed by atoms with E-state index in [1.165, 1.54) is 0 Å². The molecule has 1 saturated carbocycles. The first kappa shape index (κ1) is 24.1. The van der Waals surface area contributed by atoms with Gasteiger partial charge in [-0.1, -0.05) is 12.1 Å². The first-order chi connectivity index (χ1) is 17.3. The van der Waals surface area contributed by atoms with Crippen molar-refractivity contribution in [3.63, 3.8) is 0 Å². The number of rotatable bonds is 9. The molecular formula is C26H30N4O6. The van der Waals surface area contributed by atoms with E-state index < -0.39 is 35.8 Å². The molecule has 1 aromatic heterocycles. The van der Waals surface area contributed by atoms with Gasteiger partial charge in [0.05, 0.1) is 13.2 Å². The van der Waals surface area contributed by atoms with Crippen molar-refractivity contribution in [1.29, 1.82) is 0 Å². The number of hydrogen-bond donors (Lipinski definition) is 4. The van der Waals surface area contributed by atoms with Crippen LogP contribution < -0.4 is 15.4 Å². The number of hydrogen-bond acceptors (Lipinski definition) is 6. The highest BCUT2D eigenvalue weighted by molar-refractivity contribution is 6.04. The number of ether oxygens (including phenoxy) is 1. The molecule has 4 heterocycles. The monoisotopic (exact) mass is 494 g/mol. The second kappa shape index (κ2) is 8.77. The number of H-pyrrole nitrogens is 1. The van der Waals surface area contributed by atoms with Crippen LogP contribution in [0, 0.1) is 11.3 Å². The predicted molar refractivity (Wildman–Crippen MR) is 130 cm³/mol. The summed E-state index contributed by atoms with van der Waals surface area (Å²) in [7, 11) is 1.56. The molecule has 3 aliphatic heterocycles. The number of aliphatic hydroxyl groups is 1. The summed E-state index contributed by atoms with van der Waals surface area (Å²) < 4.78 is 5.40. The fourth-order valence-corrected chi connectivity index (χ4v) is 6.03. The molecule has 0 unspecified atom stereocenters. The van der Waals surface area contributed by atoms with Crippen LogP contribution in [0.2, 0.25) is 0 Å². The van der Waals surface area contributed by atoms with Gasteiger partial charge in [-0.3, -0.25) is 19.2 Å². The lowest BCUT2D eigenvalue weighted by atomic mass is 9.61. The van der Waals surface area contributed by atoms with E-state index in [1.807, 2.05) is 18.2 Å². The Bertz CT molecular complexity index is 1260. The van der Waals surface area contributed by atoms with E-state index in [-0.39, 0.29) is 23.7 Å². The van der Waals surface area contributed by atoms with Crippen molar-refractivity contribution in [2.24, 2.45) is 11.3 Å². The van der Waals surface area contributed by atoms with Gasteiger partial charge in [0.2, 0.25) is 11.8 Å². The Hall–Kier alpha value is -3.66. The molecule has 4 fully saturated rings. The molecule has 2 atom stereocenters. The molecule has 1 aromatic carbocycles.